The number of benzene rings is 3. The molecular formula is C35H39N5O3S. The van der Waals surface area contributed by atoms with Crippen molar-refractivity contribution in [3.05, 3.63) is 113 Å². The van der Waals surface area contributed by atoms with E-state index in [1.165, 1.54) is 11.8 Å². The first-order chi connectivity index (χ1) is 21.2. The predicted octanol–water partition coefficient (Wildman–Crippen LogP) is 6.05. The Bertz CT molecular complexity index is 1550. The standard InChI is InChI=1S/C35H39N5O3S/c1-24-5-9-28(10-6-24)22-40(32(41)23-44-35-36-26(3)21-27(4)37-35)33(29-11-7-25(2)8-12-29)34(42)38-30-13-15-31(16-14-30)39-17-19-43-20-18-39/h5-16,21,33H,17-20,22-23H2,1-4H3,(H,38,42). The van der Waals surface area contributed by atoms with Crippen LogP contribution in [0.1, 0.15) is 39.7 Å². The summed E-state index contributed by atoms with van der Waals surface area (Å²) in [5, 5.41) is 3.64. The quantitative estimate of drug-likeness (QED) is 0.173. The van der Waals surface area contributed by atoms with E-state index in [4.69, 9.17) is 4.74 Å². The summed E-state index contributed by atoms with van der Waals surface area (Å²) in [5.74, 6) is -0.360. The van der Waals surface area contributed by atoms with Crippen molar-refractivity contribution in [1.29, 1.82) is 0 Å². The number of aryl methyl sites for hydroxylation is 4. The van der Waals surface area contributed by atoms with Crippen LogP contribution in [0.3, 0.4) is 0 Å². The number of morpholine rings is 1. The summed E-state index contributed by atoms with van der Waals surface area (Å²) in [6, 6.07) is 24.7. The van der Waals surface area contributed by atoms with Gasteiger partial charge < -0.3 is 19.9 Å². The van der Waals surface area contributed by atoms with Crippen LogP contribution in [0.4, 0.5) is 11.4 Å². The minimum Gasteiger partial charge on any atom is -0.378 e. The van der Waals surface area contributed by atoms with Crippen molar-refractivity contribution in [3.63, 3.8) is 0 Å². The van der Waals surface area contributed by atoms with Crippen molar-refractivity contribution < 1.29 is 14.3 Å². The fourth-order valence-electron chi connectivity index (χ4n) is 5.19. The van der Waals surface area contributed by atoms with Crippen molar-refractivity contribution in [3.8, 4) is 0 Å². The number of carbonyl (C=O) groups is 2. The summed E-state index contributed by atoms with van der Waals surface area (Å²) in [7, 11) is 0. The molecule has 228 valence electrons. The zero-order valence-corrected chi connectivity index (χ0v) is 26.6. The Morgan fingerprint density at radius 3 is 2.07 bits per heavy atom. The number of rotatable bonds is 10. The van der Waals surface area contributed by atoms with Gasteiger partial charge in [-0.05, 0) is 69.2 Å². The molecule has 1 fully saturated rings. The van der Waals surface area contributed by atoms with Crippen LogP contribution in [-0.2, 0) is 20.9 Å². The molecule has 1 N–H and O–H groups in total. The molecular weight excluding hydrogens is 570 g/mol. The average Bonchev–Trinajstić information content (AvgIpc) is 3.02. The van der Waals surface area contributed by atoms with Crippen LogP contribution in [0.5, 0.6) is 0 Å². The Hall–Kier alpha value is -4.21. The molecule has 0 bridgehead atoms. The zero-order chi connectivity index (χ0) is 31.1. The molecule has 2 heterocycles. The molecule has 1 aliphatic rings. The van der Waals surface area contributed by atoms with E-state index in [0.717, 1.165) is 52.4 Å². The molecule has 9 heteroatoms. The number of anilines is 2. The molecule has 4 aromatic rings. The summed E-state index contributed by atoms with van der Waals surface area (Å²) in [6.07, 6.45) is 0. The number of nitrogens with zero attached hydrogens (tertiary/aromatic N) is 4. The number of nitrogens with one attached hydrogen (secondary N) is 1. The maximum absolute atomic E-state index is 14.2. The van der Waals surface area contributed by atoms with Gasteiger partial charge in [-0.3, -0.25) is 9.59 Å². The maximum Gasteiger partial charge on any atom is 0.251 e. The predicted molar refractivity (Wildman–Crippen MR) is 176 cm³/mol. The van der Waals surface area contributed by atoms with Crippen molar-refractivity contribution >= 4 is 35.0 Å². The lowest BCUT2D eigenvalue weighted by molar-refractivity contribution is -0.137. The fourth-order valence-corrected chi connectivity index (χ4v) is 6.03. The minimum absolute atomic E-state index is 0.0959. The lowest BCUT2D eigenvalue weighted by Crippen LogP contribution is -2.41. The van der Waals surface area contributed by atoms with E-state index in [0.29, 0.717) is 24.1 Å². The third-order valence-corrected chi connectivity index (χ3v) is 8.38. The molecule has 3 aromatic carbocycles. The second-order valence-corrected chi connectivity index (χ2v) is 12.1. The fraction of sp³-hybridized carbons (Fsp3) is 0.314. The first-order valence-electron chi connectivity index (χ1n) is 14.9. The van der Waals surface area contributed by atoms with Crippen molar-refractivity contribution in [2.24, 2.45) is 0 Å². The van der Waals surface area contributed by atoms with Gasteiger partial charge in [0.2, 0.25) is 5.91 Å². The Morgan fingerprint density at radius 2 is 1.45 bits per heavy atom. The van der Waals surface area contributed by atoms with Gasteiger partial charge in [0.1, 0.15) is 6.04 Å². The summed E-state index contributed by atoms with van der Waals surface area (Å²) in [5.41, 5.74) is 7.34. The number of carbonyl (C=O) groups excluding carboxylic acids is 2. The van der Waals surface area contributed by atoms with E-state index in [1.807, 2.05) is 107 Å². The Balaban J connectivity index is 1.44. The largest absolute Gasteiger partial charge is 0.378 e. The number of thioether (sulfide) groups is 1. The average molecular weight is 610 g/mol. The first-order valence-corrected chi connectivity index (χ1v) is 15.8. The molecule has 44 heavy (non-hydrogen) atoms. The van der Waals surface area contributed by atoms with Gasteiger partial charge in [0.25, 0.3) is 5.91 Å². The SMILES string of the molecule is Cc1ccc(CN(C(=O)CSc2nc(C)cc(C)n2)C(C(=O)Nc2ccc(N3CCOCC3)cc2)c2ccc(C)cc2)cc1. The highest BCUT2D eigenvalue weighted by atomic mass is 32.2. The van der Waals surface area contributed by atoms with Gasteiger partial charge in [-0.25, -0.2) is 9.97 Å². The third kappa shape index (κ3) is 8.24. The normalized spacial score (nSPS) is 13.8. The zero-order valence-electron chi connectivity index (χ0n) is 25.7. The topological polar surface area (TPSA) is 87.7 Å². The molecule has 1 aromatic heterocycles. The van der Waals surface area contributed by atoms with Crippen LogP contribution in [0.2, 0.25) is 0 Å². The second-order valence-electron chi connectivity index (χ2n) is 11.2. The van der Waals surface area contributed by atoms with Crippen LogP contribution in [0.25, 0.3) is 0 Å². The van der Waals surface area contributed by atoms with Gasteiger partial charge >= 0.3 is 0 Å². The Kier molecular flexibility index (Phi) is 10.3. The molecule has 0 radical (unpaired) electrons. The number of ether oxygens (including phenoxy) is 1. The number of hydrogen-bond donors (Lipinski definition) is 1. The summed E-state index contributed by atoms with van der Waals surface area (Å²) >= 11 is 1.29. The molecule has 1 unspecified atom stereocenters. The minimum atomic E-state index is -0.857. The first kappa shape index (κ1) is 31.2. The van der Waals surface area contributed by atoms with Crippen LogP contribution in [-0.4, -0.2) is 58.7 Å². The molecule has 1 atom stereocenters. The van der Waals surface area contributed by atoms with E-state index in [-0.39, 0.29) is 24.1 Å². The van der Waals surface area contributed by atoms with Gasteiger partial charge in [0.05, 0.1) is 19.0 Å². The van der Waals surface area contributed by atoms with E-state index in [9.17, 15) is 9.59 Å². The molecule has 0 aliphatic carbocycles. The number of hydrogen-bond acceptors (Lipinski definition) is 7. The highest BCUT2D eigenvalue weighted by molar-refractivity contribution is 7.99. The summed E-state index contributed by atoms with van der Waals surface area (Å²) < 4.78 is 5.48. The third-order valence-electron chi connectivity index (χ3n) is 7.54. The van der Waals surface area contributed by atoms with E-state index in [2.05, 4.69) is 20.2 Å². The van der Waals surface area contributed by atoms with Crippen molar-refractivity contribution in [2.45, 2.75) is 45.4 Å². The van der Waals surface area contributed by atoms with Crippen molar-refractivity contribution in [1.82, 2.24) is 14.9 Å². The van der Waals surface area contributed by atoms with Crippen LogP contribution in [0.15, 0.2) is 84.0 Å². The maximum atomic E-state index is 14.2. The summed E-state index contributed by atoms with van der Waals surface area (Å²) in [4.78, 5) is 41.2. The number of aromatic nitrogens is 2. The number of amides is 2. The highest BCUT2D eigenvalue weighted by Gasteiger charge is 2.32. The van der Waals surface area contributed by atoms with Crippen molar-refractivity contribution in [2.75, 3.05) is 42.3 Å². The molecule has 0 spiro atoms. The lowest BCUT2D eigenvalue weighted by Gasteiger charge is -2.32. The molecule has 0 saturated carbocycles. The van der Waals surface area contributed by atoms with Crippen LogP contribution in [0, 0.1) is 27.7 Å². The van der Waals surface area contributed by atoms with E-state index >= 15 is 0 Å². The lowest BCUT2D eigenvalue weighted by atomic mass is 10.0. The molecule has 5 rings (SSSR count). The molecule has 2 amide bonds. The molecule has 8 nitrogen and oxygen atoms in total. The Morgan fingerprint density at radius 1 is 0.864 bits per heavy atom. The van der Waals surface area contributed by atoms with Crippen LogP contribution >= 0.6 is 11.8 Å². The highest BCUT2D eigenvalue weighted by Crippen LogP contribution is 2.28. The monoisotopic (exact) mass is 609 g/mol. The second kappa shape index (κ2) is 14.5. The summed E-state index contributed by atoms with van der Waals surface area (Å²) in [6.45, 7) is 11.2. The van der Waals surface area contributed by atoms with Crippen LogP contribution < -0.4 is 10.2 Å². The molecule has 1 saturated heterocycles. The van der Waals surface area contributed by atoms with E-state index < -0.39 is 6.04 Å². The smallest absolute Gasteiger partial charge is 0.251 e. The van der Waals surface area contributed by atoms with E-state index in [1.54, 1.807) is 4.90 Å². The Labute approximate surface area is 263 Å². The molecule has 1 aliphatic heterocycles. The van der Waals surface area contributed by atoms with Gasteiger partial charge in [-0.2, -0.15) is 0 Å². The van der Waals surface area contributed by atoms with Gasteiger partial charge in [0.15, 0.2) is 5.16 Å². The van der Waals surface area contributed by atoms with Gasteiger partial charge in [-0.1, -0.05) is 71.4 Å². The van der Waals surface area contributed by atoms with Gasteiger partial charge in [-0.15, -0.1) is 0 Å². The van der Waals surface area contributed by atoms with Gasteiger partial charge in [0, 0.05) is 42.4 Å².